The fraction of sp³-hybridized carbons (Fsp3) is 0.400. The SMILES string of the molecule is Cc1c([N+](=O)[O-])ccc(F)c1-c1c(Cl)c2c3c(ncnc3c1F)N1CCN(C(=O)OC(C)(C)C)C[C@H]1CO2. The Balaban J connectivity index is 1.63. The third-order valence-corrected chi connectivity index (χ3v) is 6.92. The predicted molar refractivity (Wildman–Crippen MR) is 136 cm³/mol. The zero-order valence-corrected chi connectivity index (χ0v) is 21.8. The molecule has 2 aliphatic rings. The normalized spacial score (nSPS) is 17.1. The average molecular weight is 548 g/mol. The van der Waals surface area contributed by atoms with Crippen LogP contribution in [0, 0.1) is 28.7 Å². The summed E-state index contributed by atoms with van der Waals surface area (Å²) in [6, 6.07) is 1.54. The van der Waals surface area contributed by atoms with E-state index < -0.39 is 28.3 Å². The summed E-state index contributed by atoms with van der Waals surface area (Å²) in [4.78, 5) is 35.4. The molecule has 0 radical (unpaired) electrons. The maximum absolute atomic E-state index is 16.1. The van der Waals surface area contributed by atoms with Gasteiger partial charge >= 0.3 is 6.09 Å². The molecule has 0 N–H and O–H groups in total. The van der Waals surface area contributed by atoms with Crippen LogP contribution in [0.3, 0.4) is 0 Å². The van der Waals surface area contributed by atoms with E-state index in [9.17, 15) is 14.9 Å². The minimum absolute atomic E-state index is 0.0391. The molecule has 1 atom stereocenters. The third kappa shape index (κ3) is 4.22. The fourth-order valence-electron chi connectivity index (χ4n) is 4.88. The van der Waals surface area contributed by atoms with Crippen molar-refractivity contribution >= 4 is 40.1 Å². The third-order valence-electron chi connectivity index (χ3n) is 6.56. The van der Waals surface area contributed by atoms with Crippen molar-refractivity contribution in [1.29, 1.82) is 0 Å². The van der Waals surface area contributed by atoms with Gasteiger partial charge in [0.1, 0.15) is 35.7 Å². The van der Waals surface area contributed by atoms with Gasteiger partial charge in [-0.3, -0.25) is 10.1 Å². The van der Waals surface area contributed by atoms with Crippen molar-refractivity contribution in [3.8, 4) is 16.9 Å². The van der Waals surface area contributed by atoms with Gasteiger partial charge in [0.25, 0.3) is 5.69 Å². The van der Waals surface area contributed by atoms with Crippen molar-refractivity contribution < 1.29 is 28.0 Å². The molecule has 0 aliphatic carbocycles. The Hall–Kier alpha value is -3.80. The van der Waals surface area contributed by atoms with Gasteiger partial charge in [0, 0.05) is 42.4 Å². The van der Waals surface area contributed by atoms with Crippen LogP contribution in [0.1, 0.15) is 26.3 Å². The van der Waals surface area contributed by atoms with Crippen LogP contribution < -0.4 is 9.64 Å². The van der Waals surface area contributed by atoms with E-state index in [-0.39, 0.29) is 63.2 Å². The lowest BCUT2D eigenvalue weighted by molar-refractivity contribution is -0.385. The number of anilines is 1. The minimum Gasteiger partial charge on any atom is -0.489 e. The quantitative estimate of drug-likeness (QED) is 0.315. The molecular formula is C25H24ClF2N5O5. The topological polar surface area (TPSA) is 111 Å². The van der Waals surface area contributed by atoms with Gasteiger partial charge in [-0.1, -0.05) is 11.6 Å². The summed E-state index contributed by atoms with van der Waals surface area (Å²) >= 11 is 6.67. The molecule has 13 heteroatoms. The lowest BCUT2D eigenvalue weighted by Gasteiger charge is -2.41. The highest BCUT2D eigenvalue weighted by Gasteiger charge is 2.38. The number of aromatic nitrogens is 2. The van der Waals surface area contributed by atoms with Gasteiger partial charge in [0.05, 0.1) is 21.4 Å². The number of ether oxygens (including phenoxy) is 2. The molecule has 0 bridgehead atoms. The van der Waals surface area contributed by atoms with Crippen LogP contribution in [-0.2, 0) is 4.74 Å². The van der Waals surface area contributed by atoms with Gasteiger partial charge in [0.2, 0.25) is 0 Å². The number of nitrogens with zero attached hydrogens (tertiary/aromatic N) is 5. The Labute approximate surface area is 221 Å². The van der Waals surface area contributed by atoms with Crippen molar-refractivity contribution in [2.45, 2.75) is 39.3 Å². The predicted octanol–water partition coefficient (Wildman–Crippen LogP) is 5.26. The zero-order chi connectivity index (χ0) is 27.5. The molecule has 3 aromatic rings. The Morgan fingerprint density at radius 3 is 2.66 bits per heavy atom. The molecule has 200 valence electrons. The summed E-state index contributed by atoms with van der Waals surface area (Å²) in [7, 11) is 0. The number of hydrogen-bond donors (Lipinski definition) is 0. The Kier molecular flexibility index (Phi) is 6.25. The van der Waals surface area contributed by atoms with Crippen LogP contribution in [0.15, 0.2) is 18.5 Å². The lowest BCUT2D eigenvalue weighted by atomic mass is 9.96. The Morgan fingerprint density at radius 2 is 1.97 bits per heavy atom. The van der Waals surface area contributed by atoms with E-state index in [2.05, 4.69) is 9.97 Å². The summed E-state index contributed by atoms with van der Waals surface area (Å²) in [5.74, 6) is -1.43. The monoisotopic (exact) mass is 547 g/mol. The second-order valence-corrected chi connectivity index (χ2v) is 10.5. The first-order chi connectivity index (χ1) is 17.9. The summed E-state index contributed by atoms with van der Waals surface area (Å²) in [6.45, 7) is 7.66. The van der Waals surface area contributed by atoms with E-state index in [1.165, 1.54) is 13.3 Å². The van der Waals surface area contributed by atoms with Crippen LogP contribution >= 0.6 is 11.6 Å². The second kappa shape index (κ2) is 9.19. The number of nitro benzene ring substituents is 1. The highest BCUT2D eigenvalue weighted by molar-refractivity contribution is 6.36. The van der Waals surface area contributed by atoms with Crippen molar-refractivity contribution in [2.24, 2.45) is 0 Å². The molecule has 1 saturated heterocycles. The first-order valence-electron chi connectivity index (χ1n) is 11.9. The number of halogens is 3. The maximum atomic E-state index is 16.1. The summed E-state index contributed by atoms with van der Waals surface area (Å²) in [5.41, 5.74) is -2.02. The molecule has 3 heterocycles. The van der Waals surface area contributed by atoms with Crippen LogP contribution in [0.4, 0.5) is 25.1 Å². The largest absolute Gasteiger partial charge is 0.489 e. The van der Waals surface area contributed by atoms with Crippen LogP contribution in [0.2, 0.25) is 5.02 Å². The van der Waals surface area contributed by atoms with Crippen molar-refractivity contribution in [3.05, 3.63) is 50.8 Å². The van der Waals surface area contributed by atoms with Crippen LogP contribution in [0.5, 0.6) is 5.75 Å². The van der Waals surface area contributed by atoms with Crippen LogP contribution in [0.25, 0.3) is 22.0 Å². The van der Waals surface area contributed by atoms with Crippen molar-refractivity contribution in [2.75, 3.05) is 31.1 Å². The molecule has 5 rings (SSSR count). The highest BCUT2D eigenvalue weighted by atomic mass is 35.5. The average Bonchev–Trinajstić information content (AvgIpc) is 3.00. The Morgan fingerprint density at radius 1 is 1.24 bits per heavy atom. The van der Waals surface area contributed by atoms with Crippen molar-refractivity contribution in [3.63, 3.8) is 0 Å². The van der Waals surface area contributed by atoms with E-state index in [1.54, 1.807) is 25.7 Å². The molecule has 38 heavy (non-hydrogen) atoms. The number of rotatable bonds is 2. The number of carbonyl (C=O) groups excluding carboxylic acids is 1. The van der Waals surface area contributed by atoms with E-state index in [0.29, 0.717) is 18.9 Å². The number of nitro groups is 1. The molecule has 1 amide bonds. The zero-order valence-electron chi connectivity index (χ0n) is 21.0. The summed E-state index contributed by atoms with van der Waals surface area (Å²) < 4.78 is 42.7. The number of piperazine rings is 1. The minimum atomic E-state index is -0.950. The smallest absolute Gasteiger partial charge is 0.410 e. The molecule has 0 unspecified atom stereocenters. The van der Waals surface area contributed by atoms with Gasteiger partial charge in [-0.15, -0.1) is 0 Å². The molecule has 0 saturated carbocycles. The standard InChI is InChI=1S/C25H24ClF2N5O5/c1-12-15(33(35)36)6-5-14(27)16(12)17-19(26)22-18-21(20(17)28)29-11-30-23(18)32-8-7-31(9-13(32)10-37-22)24(34)38-25(2,3)4/h5-6,11,13H,7-10H2,1-4H3/t13-/m0/s1. The van der Waals surface area contributed by atoms with E-state index in [1.807, 2.05) is 4.90 Å². The highest BCUT2D eigenvalue weighted by Crippen LogP contribution is 2.49. The van der Waals surface area contributed by atoms with Gasteiger partial charge in [-0.05, 0) is 33.8 Å². The molecule has 0 spiro atoms. The van der Waals surface area contributed by atoms with E-state index in [4.69, 9.17) is 21.1 Å². The first-order valence-corrected chi connectivity index (χ1v) is 12.2. The van der Waals surface area contributed by atoms with Crippen LogP contribution in [-0.4, -0.2) is 63.8 Å². The fourth-order valence-corrected chi connectivity index (χ4v) is 5.21. The molecule has 10 nitrogen and oxygen atoms in total. The lowest BCUT2D eigenvalue weighted by Crippen LogP contribution is -2.57. The van der Waals surface area contributed by atoms with Gasteiger partial charge in [-0.25, -0.2) is 23.5 Å². The van der Waals surface area contributed by atoms with Gasteiger partial charge < -0.3 is 19.3 Å². The Bertz CT molecular complexity index is 1500. The molecule has 2 aromatic carbocycles. The molecule has 2 aliphatic heterocycles. The number of carbonyl (C=O) groups is 1. The summed E-state index contributed by atoms with van der Waals surface area (Å²) in [5, 5.41) is 11.4. The number of benzene rings is 2. The molecular weight excluding hydrogens is 524 g/mol. The number of fused-ring (bicyclic) bond motifs is 2. The summed E-state index contributed by atoms with van der Waals surface area (Å²) in [6.07, 6.45) is 0.719. The van der Waals surface area contributed by atoms with Gasteiger partial charge in [-0.2, -0.15) is 0 Å². The number of hydrogen-bond acceptors (Lipinski definition) is 8. The molecule has 1 aromatic heterocycles. The van der Waals surface area contributed by atoms with Crippen molar-refractivity contribution in [1.82, 2.24) is 14.9 Å². The van der Waals surface area contributed by atoms with Gasteiger partial charge in [0.15, 0.2) is 11.6 Å². The number of amides is 1. The first kappa shape index (κ1) is 25.8. The molecule has 1 fully saturated rings. The second-order valence-electron chi connectivity index (χ2n) is 10.2. The van der Waals surface area contributed by atoms with E-state index in [0.717, 1.165) is 12.1 Å². The van der Waals surface area contributed by atoms with E-state index >= 15 is 8.78 Å². The maximum Gasteiger partial charge on any atom is 0.410 e.